The molecule has 3 nitrogen and oxygen atoms in total. The standard InChI is InChI=1S/C9H6F2N2OS/c10-6-2-1-5(7(11)4-6)3-8-12-13-9(15)14-8/h1-2,4H,3H2,(H,13,15). The van der Waals surface area contributed by atoms with Gasteiger partial charge in [-0.2, -0.15) is 0 Å². The summed E-state index contributed by atoms with van der Waals surface area (Å²) in [7, 11) is 0. The SMILES string of the molecule is Fc1ccc(Cc2n[nH]c(=S)o2)c(F)c1. The number of H-pyrrole nitrogens is 1. The van der Waals surface area contributed by atoms with E-state index in [-0.39, 0.29) is 17.1 Å². The van der Waals surface area contributed by atoms with Gasteiger partial charge in [0, 0.05) is 6.07 Å². The summed E-state index contributed by atoms with van der Waals surface area (Å²) >= 11 is 4.66. The van der Waals surface area contributed by atoms with Gasteiger partial charge < -0.3 is 4.42 Å². The Hall–Kier alpha value is -1.56. The summed E-state index contributed by atoms with van der Waals surface area (Å²) in [5.74, 6) is -0.969. The van der Waals surface area contributed by atoms with E-state index >= 15 is 0 Å². The zero-order valence-electron chi connectivity index (χ0n) is 7.46. The fraction of sp³-hybridized carbons (Fsp3) is 0.111. The lowest BCUT2D eigenvalue weighted by Crippen LogP contribution is -1.93. The number of halogens is 2. The van der Waals surface area contributed by atoms with Crippen LogP contribution in [0.15, 0.2) is 22.6 Å². The van der Waals surface area contributed by atoms with Gasteiger partial charge in [-0.15, -0.1) is 5.10 Å². The summed E-state index contributed by atoms with van der Waals surface area (Å²) in [5.41, 5.74) is 0.307. The molecule has 2 aromatic rings. The van der Waals surface area contributed by atoms with Crippen molar-refractivity contribution in [3.63, 3.8) is 0 Å². The predicted octanol–water partition coefficient (Wildman–Crippen LogP) is 2.60. The van der Waals surface area contributed by atoms with Crippen molar-refractivity contribution >= 4 is 12.2 Å². The molecular weight excluding hydrogens is 222 g/mol. The molecule has 1 heterocycles. The lowest BCUT2D eigenvalue weighted by molar-refractivity contribution is 0.485. The van der Waals surface area contributed by atoms with Crippen molar-refractivity contribution in [2.75, 3.05) is 0 Å². The molecule has 0 saturated carbocycles. The monoisotopic (exact) mass is 228 g/mol. The summed E-state index contributed by atoms with van der Waals surface area (Å²) in [6, 6.07) is 3.34. The van der Waals surface area contributed by atoms with Crippen LogP contribution in [-0.2, 0) is 6.42 Å². The van der Waals surface area contributed by atoms with E-state index < -0.39 is 11.6 Å². The molecule has 0 unspecified atom stereocenters. The quantitative estimate of drug-likeness (QED) is 0.803. The van der Waals surface area contributed by atoms with Crippen LogP contribution >= 0.6 is 12.2 Å². The number of rotatable bonds is 2. The molecular formula is C9H6F2N2OS. The third kappa shape index (κ3) is 2.27. The molecule has 0 saturated heterocycles. The summed E-state index contributed by atoms with van der Waals surface area (Å²) in [5, 5.41) is 6.14. The average molecular weight is 228 g/mol. The number of hydrogen-bond donors (Lipinski definition) is 1. The van der Waals surface area contributed by atoms with Crippen LogP contribution in [0.25, 0.3) is 0 Å². The van der Waals surface area contributed by atoms with Gasteiger partial charge in [-0.1, -0.05) is 6.07 Å². The van der Waals surface area contributed by atoms with Crippen molar-refractivity contribution in [2.45, 2.75) is 6.42 Å². The molecule has 0 amide bonds. The van der Waals surface area contributed by atoms with Gasteiger partial charge in [0.15, 0.2) is 0 Å². The second-order valence-electron chi connectivity index (χ2n) is 2.92. The van der Waals surface area contributed by atoms with Crippen molar-refractivity contribution in [3.8, 4) is 0 Å². The van der Waals surface area contributed by atoms with Crippen LogP contribution in [0, 0.1) is 16.5 Å². The van der Waals surface area contributed by atoms with Gasteiger partial charge in [-0.25, -0.2) is 13.9 Å². The maximum Gasteiger partial charge on any atom is 0.284 e. The minimum Gasteiger partial charge on any atom is -0.414 e. The first kappa shape index (κ1) is 9.97. The first-order valence-electron chi connectivity index (χ1n) is 4.13. The molecule has 1 aromatic heterocycles. The van der Waals surface area contributed by atoms with Crippen molar-refractivity contribution in [3.05, 3.63) is 46.1 Å². The van der Waals surface area contributed by atoms with E-state index in [0.29, 0.717) is 5.56 Å². The van der Waals surface area contributed by atoms with Crippen LogP contribution in [0.1, 0.15) is 11.5 Å². The molecule has 0 radical (unpaired) electrons. The third-order valence-corrected chi connectivity index (χ3v) is 2.01. The summed E-state index contributed by atoms with van der Waals surface area (Å²) in [6.45, 7) is 0. The van der Waals surface area contributed by atoms with Gasteiger partial charge in [0.05, 0.1) is 6.42 Å². The highest BCUT2D eigenvalue weighted by Crippen LogP contribution is 2.13. The summed E-state index contributed by atoms with van der Waals surface area (Å²) in [6.07, 6.45) is 0.138. The van der Waals surface area contributed by atoms with Gasteiger partial charge in [0.2, 0.25) is 5.89 Å². The molecule has 1 N–H and O–H groups in total. The van der Waals surface area contributed by atoms with Crippen molar-refractivity contribution < 1.29 is 13.2 Å². The van der Waals surface area contributed by atoms with Gasteiger partial charge >= 0.3 is 0 Å². The molecule has 2 rings (SSSR count). The van der Waals surface area contributed by atoms with Gasteiger partial charge in [0.1, 0.15) is 11.6 Å². The summed E-state index contributed by atoms with van der Waals surface area (Å²) < 4.78 is 30.7. The fourth-order valence-electron chi connectivity index (χ4n) is 1.16. The number of aromatic amines is 1. The Labute approximate surface area is 88.7 Å². The Morgan fingerprint density at radius 3 is 2.80 bits per heavy atom. The lowest BCUT2D eigenvalue weighted by Gasteiger charge is -1.98. The molecule has 0 aliphatic heterocycles. The lowest BCUT2D eigenvalue weighted by atomic mass is 10.1. The van der Waals surface area contributed by atoms with E-state index in [4.69, 9.17) is 4.42 Å². The van der Waals surface area contributed by atoms with Crippen LogP contribution in [0.4, 0.5) is 8.78 Å². The zero-order valence-corrected chi connectivity index (χ0v) is 8.28. The molecule has 0 fully saturated rings. The molecule has 78 valence electrons. The molecule has 1 aromatic carbocycles. The smallest absolute Gasteiger partial charge is 0.284 e. The molecule has 0 spiro atoms. The molecule has 0 bridgehead atoms. The average Bonchev–Trinajstić information content (AvgIpc) is 2.56. The largest absolute Gasteiger partial charge is 0.414 e. The van der Waals surface area contributed by atoms with Crippen molar-refractivity contribution in [1.82, 2.24) is 10.2 Å². The third-order valence-electron chi connectivity index (χ3n) is 1.84. The van der Waals surface area contributed by atoms with E-state index in [1.54, 1.807) is 0 Å². The Morgan fingerprint density at radius 1 is 1.40 bits per heavy atom. The molecule has 15 heavy (non-hydrogen) atoms. The first-order valence-corrected chi connectivity index (χ1v) is 4.54. The molecule has 0 atom stereocenters. The normalized spacial score (nSPS) is 10.5. The van der Waals surface area contributed by atoms with Gasteiger partial charge in [0.25, 0.3) is 4.84 Å². The first-order chi connectivity index (χ1) is 7.15. The number of nitrogens with one attached hydrogen (secondary N) is 1. The van der Waals surface area contributed by atoms with Gasteiger partial charge in [-0.05, 0) is 23.8 Å². The maximum absolute atomic E-state index is 13.2. The molecule has 0 aliphatic rings. The number of nitrogens with zero attached hydrogens (tertiary/aromatic N) is 1. The Bertz CT molecular complexity index is 535. The Balaban J connectivity index is 2.28. The predicted molar refractivity (Wildman–Crippen MR) is 50.9 cm³/mol. The number of benzene rings is 1. The second kappa shape index (κ2) is 3.90. The minimum atomic E-state index is -0.626. The van der Waals surface area contributed by atoms with E-state index in [9.17, 15) is 8.78 Å². The van der Waals surface area contributed by atoms with Gasteiger partial charge in [-0.3, -0.25) is 0 Å². The van der Waals surface area contributed by atoms with Crippen LogP contribution in [0.5, 0.6) is 0 Å². The topological polar surface area (TPSA) is 41.8 Å². The highest BCUT2D eigenvalue weighted by atomic mass is 32.1. The number of hydrogen-bond acceptors (Lipinski definition) is 3. The summed E-state index contributed by atoms with van der Waals surface area (Å²) in [4.78, 5) is 0.132. The van der Waals surface area contributed by atoms with E-state index in [1.807, 2.05) is 0 Å². The molecule has 0 aliphatic carbocycles. The van der Waals surface area contributed by atoms with E-state index in [1.165, 1.54) is 12.1 Å². The highest BCUT2D eigenvalue weighted by molar-refractivity contribution is 7.71. The maximum atomic E-state index is 13.2. The Kier molecular flexibility index (Phi) is 2.59. The minimum absolute atomic E-state index is 0.132. The van der Waals surface area contributed by atoms with Crippen molar-refractivity contribution in [1.29, 1.82) is 0 Å². The fourth-order valence-corrected chi connectivity index (χ4v) is 1.31. The zero-order chi connectivity index (χ0) is 10.8. The van der Waals surface area contributed by atoms with Crippen LogP contribution in [-0.4, -0.2) is 10.2 Å². The molecule has 6 heteroatoms. The highest BCUT2D eigenvalue weighted by Gasteiger charge is 2.07. The van der Waals surface area contributed by atoms with Crippen molar-refractivity contribution in [2.24, 2.45) is 0 Å². The van der Waals surface area contributed by atoms with Crippen LogP contribution < -0.4 is 0 Å². The van der Waals surface area contributed by atoms with E-state index in [0.717, 1.165) is 6.07 Å². The second-order valence-corrected chi connectivity index (χ2v) is 3.29. The Morgan fingerprint density at radius 2 is 2.20 bits per heavy atom. The van der Waals surface area contributed by atoms with Crippen LogP contribution in [0.2, 0.25) is 0 Å². The van der Waals surface area contributed by atoms with Crippen LogP contribution in [0.3, 0.4) is 0 Å². The number of aromatic nitrogens is 2. The van der Waals surface area contributed by atoms with E-state index in [2.05, 4.69) is 22.4 Å².